The Morgan fingerprint density at radius 2 is 1.65 bits per heavy atom. The number of imidazole rings is 1. The van der Waals surface area contributed by atoms with Gasteiger partial charge in [0.1, 0.15) is 5.82 Å². The van der Waals surface area contributed by atoms with Crippen LogP contribution in [0.5, 0.6) is 0 Å². The number of hydrogen-bond donors (Lipinski definition) is 1. The molecule has 3 nitrogen and oxygen atoms in total. The zero-order valence-electron chi connectivity index (χ0n) is 12.1. The molecule has 96 valence electrons. The van der Waals surface area contributed by atoms with E-state index in [0.29, 0.717) is 0 Å². The van der Waals surface area contributed by atoms with Crippen LogP contribution in [0.4, 0.5) is 0 Å². The maximum absolute atomic E-state index is 4.19. The number of nitrogens with zero attached hydrogens (tertiary/aromatic N) is 2. The van der Waals surface area contributed by atoms with Crippen molar-refractivity contribution in [1.29, 1.82) is 0 Å². The molecule has 2 rings (SSSR count). The number of pyridine rings is 1. The van der Waals surface area contributed by atoms with Crippen molar-refractivity contribution in [2.45, 2.75) is 48.5 Å². The Hall–Kier alpha value is -1.38. The number of aromatic amines is 1. The Morgan fingerprint density at radius 1 is 1.12 bits per heavy atom. The van der Waals surface area contributed by atoms with Crippen molar-refractivity contribution in [2.75, 3.05) is 0 Å². The molecule has 0 aliphatic carbocycles. The first kappa shape index (κ1) is 15.6. The van der Waals surface area contributed by atoms with Crippen molar-refractivity contribution in [2.24, 2.45) is 5.92 Å². The molecule has 0 aliphatic rings. The van der Waals surface area contributed by atoms with Crippen LogP contribution in [0, 0.1) is 19.8 Å². The molecule has 0 fully saturated rings. The van der Waals surface area contributed by atoms with Crippen LogP contribution < -0.4 is 0 Å². The number of nitrogens with one attached hydrogen (secondary N) is 1. The van der Waals surface area contributed by atoms with Crippen molar-refractivity contribution < 1.29 is 0 Å². The molecule has 2 aromatic rings. The van der Waals surface area contributed by atoms with Crippen molar-refractivity contribution >= 4 is 11.2 Å². The van der Waals surface area contributed by atoms with Crippen molar-refractivity contribution in [1.82, 2.24) is 15.0 Å². The molecule has 2 heterocycles. The minimum Gasteiger partial charge on any atom is -0.341 e. The molecule has 0 saturated heterocycles. The molecule has 0 spiro atoms. The molecule has 0 atom stereocenters. The highest BCUT2D eigenvalue weighted by Crippen LogP contribution is 2.08. The van der Waals surface area contributed by atoms with Crippen LogP contribution in [0.25, 0.3) is 11.2 Å². The van der Waals surface area contributed by atoms with E-state index in [1.54, 1.807) is 0 Å². The average molecular weight is 235 g/mol. The summed E-state index contributed by atoms with van der Waals surface area (Å²) >= 11 is 0. The van der Waals surface area contributed by atoms with Crippen LogP contribution in [0.3, 0.4) is 0 Å². The van der Waals surface area contributed by atoms with Crippen molar-refractivity contribution in [3.8, 4) is 0 Å². The molecule has 17 heavy (non-hydrogen) atoms. The third kappa shape index (κ3) is 6.05. The zero-order chi connectivity index (χ0) is 13.4. The molecular formula is C14H25N3. The van der Waals surface area contributed by atoms with E-state index in [1.807, 2.05) is 40.0 Å². The van der Waals surface area contributed by atoms with Crippen LogP contribution >= 0.6 is 0 Å². The summed E-state index contributed by atoms with van der Waals surface area (Å²) in [6, 6.07) is 2.04. The van der Waals surface area contributed by atoms with Crippen LogP contribution in [0.1, 0.15) is 46.0 Å². The SMILES string of the molecule is CC.CC(C)C.Cc1cnc2nc(C)[nH]c2c1. The highest BCUT2D eigenvalue weighted by molar-refractivity contribution is 5.70. The summed E-state index contributed by atoms with van der Waals surface area (Å²) in [6.45, 7) is 14.4. The molecule has 0 radical (unpaired) electrons. The summed E-state index contributed by atoms with van der Waals surface area (Å²) in [4.78, 5) is 11.5. The number of aromatic nitrogens is 3. The summed E-state index contributed by atoms with van der Waals surface area (Å²) in [5.41, 5.74) is 2.97. The number of hydrogen-bond acceptors (Lipinski definition) is 2. The molecule has 0 saturated carbocycles. The van der Waals surface area contributed by atoms with E-state index in [9.17, 15) is 0 Å². The molecular weight excluding hydrogens is 210 g/mol. The topological polar surface area (TPSA) is 41.6 Å². The van der Waals surface area contributed by atoms with Gasteiger partial charge in [-0.05, 0) is 31.4 Å². The Labute approximate surface area is 105 Å². The number of H-pyrrole nitrogens is 1. The molecule has 2 aromatic heterocycles. The van der Waals surface area contributed by atoms with Crippen LogP contribution in [-0.4, -0.2) is 15.0 Å². The Kier molecular flexibility index (Phi) is 7.19. The number of aryl methyl sites for hydroxylation is 2. The normalized spacial score (nSPS) is 9.41. The van der Waals surface area contributed by atoms with Gasteiger partial charge in [0.15, 0.2) is 5.65 Å². The quantitative estimate of drug-likeness (QED) is 0.741. The highest BCUT2D eigenvalue weighted by Gasteiger charge is 1.98. The minimum absolute atomic E-state index is 0.799. The molecule has 0 unspecified atom stereocenters. The van der Waals surface area contributed by atoms with Gasteiger partial charge in [0.05, 0.1) is 5.52 Å². The van der Waals surface area contributed by atoms with Gasteiger partial charge in [0.25, 0.3) is 0 Å². The first-order valence-electron chi connectivity index (χ1n) is 6.28. The smallest absolute Gasteiger partial charge is 0.177 e. The fraction of sp³-hybridized carbons (Fsp3) is 0.571. The van der Waals surface area contributed by atoms with Gasteiger partial charge in [0.2, 0.25) is 0 Å². The summed E-state index contributed by atoms with van der Waals surface area (Å²) in [5, 5.41) is 0. The van der Waals surface area contributed by atoms with E-state index in [4.69, 9.17) is 0 Å². The second kappa shape index (κ2) is 7.82. The lowest BCUT2D eigenvalue weighted by molar-refractivity contribution is 0.737. The zero-order valence-corrected chi connectivity index (χ0v) is 12.1. The second-order valence-electron chi connectivity index (χ2n) is 4.44. The Balaban J connectivity index is 0.000000368. The second-order valence-corrected chi connectivity index (χ2v) is 4.44. The van der Waals surface area contributed by atoms with Gasteiger partial charge < -0.3 is 4.98 Å². The van der Waals surface area contributed by atoms with Crippen LogP contribution in [-0.2, 0) is 0 Å². The number of rotatable bonds is 0. The van der Waals surface area contributed by atoms with Gasteiger partial charge in [-0.3, -0.25) is 0 Å². The van der Waals surface area contributed by atoms with Gasteiger partial charge in [-0.1, -0.05) is 34.6 Å². The molecule has 0 amide bonds. The lowest BCUT2D eigenvalue weighted by atomic mass is 10.3. The standard InChI is InChI=1S/C8H9N3.C4H10.C2H6/c1-5-3-7-8(9-4-5)11-6(2)10-7;1-4(2)3;1-2/h3-4H,1-2H3,(H,9,10,11);4H,1-3H3;1-2H3. The third-order valence-electron chi connectivity index (χ3n) is 1.59. The van der Waals surface area contributed by atoms with Gasteiger partial charge in [0, 0.05) is 6.20 Å². The Morgan fingerprint density at radius 3 is 2.18 bits per heavy atom. The molecule has 1 N–H and O–H groups in total. The van der Waals surface area contributed by atoms with Gasteiger partial charge in [-0.2, -0.15) is 0 Å². The Bertz CT molecular complexity index is 427. The van der Waals surface area contributed by atoms with Gasteiger partial charge in [-0.15, -0.1) is 0 Å². The maximum atomic E-state index is 4.19. The maximum Gasteiger partial charge on any atom is 0.177 e. The highest BCUT2D eigenvalue weighted by atomic mass is 15.0. The monoisotopic (exact) mass is 235 g/mol. The molecule has 3 heteroatoms. The predicted molar refractivity (Wildman–Crippen MR) is 75.2 cm³/mol. The van der Waals surface area contributed by atoms with Gasteiger partial charge in [-0.25, -0.2) is 9.97 Å². The number of fused-ring (bicyclic) bond motifs is 1. The summed E-state index contributed by atoms with van der Waals surface area (Å²) in [7, 11) is 0. The van der Waals surface area contributed by atoms with Crippen molar-refractivity contribution in [3.63, 3.8) is 0 Å². The van der Waals surface area contributed by atoms with Gasteiger partial charge >= 0.3 is 0 Å². The predicted octanol–water partition coefficient (Wildman–Crippen LogP) is 4.26. The van der Waals surface area contributed by atoms with E-state index in [0.717, 1.165) is 28.5 Å². The lowest BCUT2D eigenvalue weighted by Crippen LogP contribution is -1.77. The summed E-state index contributed by atoms with van der Waals surface area (Å²) in [6.07, 6.45) is 1.82. The summed E-state index contributed by atoms with van der Waals surface area (Å²) < 4.78 is 0. The summed E-state index contributed by atoms with van der Waals surface area (Å²) in [5.74, 6) is 1.75. The fourth-order valence-corrected chi connectivity index (χ4v) is 1.12. The average Bonchev–Trinajstić information content (AvgIpc) is 2.59. The van der Waals surface area contributed by atoms with E-state index in [2.05, 4.69) is 35.7 Å². The lowest BCUT2D eigenvalue weighted by Gasteiger charge is -1.88. The van der Waals surface area contributed by atoms with E-state index in [-0.39, 0.29) is 0 Å². The first-order valence-corrected chi connectivity index (χ1v) is 6.28. The first-order chi connectivity index (χ1) is 7.99. The van der Waals surface area contributed by atoms with E-state index >= 15 is 0 Å². The van der Waals surface area contributed by atoms with E-state index < -0.39 is 0 Å². The third-order valence-corrected chi connectivity index (χ3v) is 1.59. The largest absolute Gasteiger partial charge is 0.341 e. The molecule has 0 aliphatic heterocycles. The van der Waals surface area contributed by atoms with Crippen molar-refractivity contribution in [3.05, 3.63) is 23.7 Å². The van der Waals surface area contributed by atoms with Crippen LogP contribution in [0.15, 0.2) is 12.3 Å². The minimum atomic E-state index is 0.799. The fourth-order valence-electron chi connectivity index (χ4n) is 1.12. The van der Waals surface area contributed by atoms with Crippen LogP contribution in [0.2, 0.25) is 0 Å². The molecule has 0 aromatic carbocycles. The molecule has 0 bridgehead atoms. The van der Waals surface area contributed by atoms with E-state index in [1.165, 1.54) is 0 Å².